The van der Waals surface area contributed by atoms with Crippen molar-refractivity contribution in [3.8, 4) is 33.5 Å². The minimum atomic E-state index is 0.707. The topological polar surface area (TPSA) is 54.5 Å². The molecule has 5 rings (SSSR count). The Hall–Kier alpha value is -3.50. The molecule has 0 aliphatic rings. The maximum absolute atomic E-state index is 6.06. The van der Waals surface area contributed by atoms with Crippen LogP contribution in [0, 0.1) is 0 Å². The van der Waals surface area contributed by atoms with Gasteiger partial charge in [-0.1, -0.05) is 29.8 Å². The molecule has 1 N–H and O–H groups in total. The molecule has 0 bridgehead atoms. The molecule has 3 heterocycles. The summed E-state index contributed by atoms with van der Waals surface area (Å²) < 4.78 is 0. The van der Waals surface area contributed by atoms with E-state index in [4.69, 9.17) is 16.6 Å². The third-order valence-corrected chi connectivity index (χ3v) is 5.00. The van der Waals surface area contributed by atoms with E-state index in [9.17, 15) is 0 Å². The van der Waals surface area contributed by atoms with E-state index in [1.165, 1.54) is 0 Å². The van der Waals surface area contributed by atoms with E-state index in [0.29, 0.717) is 5.02 Å². The van der Waals surface area contributed by atoms with Gasteiger partial charge in [0.2, 0.25) is 0 Å². The highest BCUT2D eigenvalue weighted by molar-refractivity contribution is 6.30. The first-order valence-electron chi connectivity index (χ1n) is 8.88. The molecule has 0 radical (unpaired) electrons. The average Bonchev–Trinajstić information content (AvgIpc) is 3.22. The first-order chi connectivity index (χ1) is 13.8. The quantitative estimate of drug-likeness (QED) is 0.416. The SMILES string of the molecule is Clc1ccc(-c2ncc(-c3ccc4nc[nH]c4c3)cc2-c2ccncc2)cc1. The van der Waals surface area contributed by atoms with Crippen LogP contribution in [0.5, 0.6) is 0 Å². The molecule has 0 unspecified atom stereocenters. The Morgan fingerprint density at radius 2 is 1.50 bits per heavy atom. The summed E-state index contributed by atoms with van der Waals surface area (Å²) >= 11 is 6.06. The fraction of sp³-hybridized carbons (Fsp3) is 0. The van der Waals surface area contributed by atoms with Crippen molar-refractivity contribution in [2.45, 2.75) is 0 Å². The van der Waals surface area contributed by atoms with Crippen molar-refractivity contribution in [3.63, 3.8) is 0 Å². The third kappa shape index (κ3) is 3.04. The standard InChI is InChI=1S/C23H15ClN4/c24-19-4-1-16(2-5-19)23-20(15-7-9-25-10-8-15)11-18(13-26-23)17-3-6-21-22(12-17)28-14-27-21/h1-14H,(H,27,28). The lowest BCUT2D eigenvalue weighted by Crippen LogP contribution is -1.92. The molecule has 0 saturated heterocycles. The number of nitrogens with one attached hydrogen (secondary N) is 1. The first-order valence-corrected chi connectivity index (χ1v) is 9.26. The minimum Gasteiger partial charge on any atom is -0.345 e. The van der Waals surface area contributed by atoms with E-state index in [-0.39, 0.29) is 0 Å². The van der Waals surface area contributed by atoms with Crippen LogP contribution in [-0.4, -0.2) is 19.9 Å². The second kappa shape index (κ2) is 6.91. The minimum absolute atomic E-state index is 0.707. The Morgan fingerprint density at radius 3 is 2.32 bits per heavy atom. The van der Waals surface area contributed by atoms with Gasteiger partial charge in [-0.25, -0.2) is 4.98 Å². The fourth-order valence-electron chi connectivity index (χ4n) is 3.33. The number of fused-ring (bicyclic) bond motifs is 1. The van der Waals surface area contributed by atoms with Crippen LogP contribution in [0.25, 0.3) is 44.5 Å². The van der Waals surface area contributed by atoms with Crippen molar-refractivity contribution in [3.05, 3.63) is 90.6 Å². The van der Waals surface area contributed by atoms with Crippen LogP contribution in [-0.2, 0) is 0 Å². The second-order valence-corrected chi connectivity index (χ2v) is 6.93. The van der Waals surface area contributed by atoms with Crippen LogP contribution in [0.1, 0.15) is 0 Å². The van der Waals surface area contributed by atoms with Gasteiger partial charge in [-0.2, -0.15) is 0 Å². The lowest BCUT2D eigenvalue weighted by atomic mass is 9.96. The Morgan fingerprint density at radius 1 is 0.714 bits per heavy atom. The molecule has 134 valence electrons. The zero-order valence-corrected chi connectivity index (χ0v) is 15.6. The Balaban J connectivity index is 1.69. The van der Waals surface area contributed by atoms with Crippen LogP contribution >= 0.6 is 11.6 Å². The monoisotopic (exact) mass is 382 g/mol. The zero-order valence-electron chi connectivity index (χ0n) is 14.8. The van der Waals surface area contributed by atoms with Crippen LogP contribution in [0.2, 0.25) is 5.02 Å². The molecule has 5 heteroatoms. The Kier molecular flexibility index (Phi) is 4.11. The van der Waals surface area contributed by atoms with E-state index >= 15 is 0 Å². The van der Waals surface area contributed by atoms with Gasteiger partial charge in [-0.3, -0.25) is 9.97 Å². The number of hydrogen-bond donors (Lipinski definition) is 1. The van der Waals surface area contributed by atoms with Crippen molar-refractivity contribution in [1.29, 1.82) is 0 Å². The molecule has 0 aliphatic heterocycles. The summed E-state index contributed by atoms with van der Waals surface area (Å²) in [5.41, 5.74) is 8.13. The summed E-state index contributed by atoms with van der Waals surface area (Å²) in [7, 11) is 0. The van der Waals surface area contributed by atoms with E-state index in [1.807, 2.05) is 48.7 Å². The maximum atomic E-state index is 6.06. The van der Waals surface area contributed by atoms with Crippen molar-refractivity contribution >= 4 is 22.6 Å². The fourth-order valence-corrected chi connectivity index (χ4v) is 3.45. The van der Waals surface area contributed by atoms with E-state index in [2.05, 4.69) is 33.2 Å². The lowest BCUT2D eigenvalue weighted by molar-refractivity contribution is 1.30. The van der Waals surface area contributed by atoms with Gasteiger partial charge in [0.1, 0.15) is 0 Å². The van der Waals surface area contributed by atoms with Gasteiger partial charge in [-0.05, 0) is 53.6 Å². The molecule has 5 aromatic rings. The summed E-state index contributed by atoms with van der Waals surface area (Å²) in [5.74, 6) is 0. The summed E-state index contributed by atoms with van der Waals surface area (Å²) in [6.45, 7) is 0. The van der Waals surface area contributed by atoms with Gasteiger partial charge in [0, 0.05) is 40.3 Å². The molecule has 28 heavy (non-hydrogen) atoms. The van der Waals surface area contributed by atoms with Crippen LogP contribution < -0.4 is 0 Å². The lowest BCUT2D eigenvalue weighted by Gasteiger charge is -2.12. The average molecular weight is 383 g/mol. The second-order valence-electron chi connectivity index (χ2n) is 6.50. The van der Waals surface area contributed by atoms with Crippen LogP contribution in [0.3, 0.4) is 0 Å². The number of benzene rings is 2. The highest BCUT2D eigenvalue weighted by Crippen LogP contribution is 2.34. The summed E-state index contributed by atoms with van der Waals surface area (Å²) in [6, 6.07) is 20.1. The summed E-state index contributed by atoms with van der Waals surface area (Å²) in [4.78, 5) is 16.4. The van der Waals surface area contributed by atoms with Gasteiger partial charge < -0.3 is 4.98 Å². The van der Waals surface area contributed by atoms with Crippen LogP contribution in [0.4, 0.5) is 0 Å². The maximum Gasteiger partial charge on any atom is 0.0931 e. The number of aromatic nitrogens is 4. The van der Waals surface area contributed by atoms with Crippen LogP contribution in [0.15, 0.2) is 85.6 Å². The number of halogens is 1. The molecule has 0 aliphatic carbocycles. The van der Waals surface area contributed by atoms with Gasteiger partial charge >= 0.3 is 0 Å². The van der Waals surface area contributed by atoms with E-state index < -0.39 is 0 Å². The number of hydrogen-bond acceptors (Lipinski definition) is 3. The zero-order chi connectivity index (χ0) is 18.9. The predicted molar refractivity (Wildman–Crippen MR) is 113 cm³/mol. The van der Waals surface area contributed by atoms with E-state index in [1.54, 1.807) is 18.7 Å². The molecule has 0 atom stereocenters. The molecular formula is C23H15ClN4. The largest absolute Gasteiger partial charge is 0.345 e. The number of imidazole rings is 1. The first kappa shape index (κ1) is 16.7. The molecule has 0 spiro atoms. The third-order valence-electron chi connectivity index (χ3n) is 4.75. The highest BCUT2D eigenvalue weighted by atomic mass is 35.5. The van der Waals surface area contributed by atoms with E-state index in [0.717, 1.165) is 44.5 Å². The molecule has 2 aromatic carbocycles. The van der Waals surface area contributed by atoms with Gasteiger partial charge in [-0.15, -0.1) is 0 Å². The molecule has 4 nitrogen and oxygen atoms in total. The normalized spacial score (nSPS) is 11.0. The highest BCUT2D eigenvalue weighted by Gasteiger charge is 2.12. The van der Waals surface area contributed by atoms with Crippen molar-refractivity contribution in [2.75, 3.05) is 0 Å². The van der Waals surface area contributed by atoms with Crippen molar-refractivity contribution < 1.29 is 0 Å². The molecule has 3 aromatic heterocycles. The predicted octanol–water partition coefficient (Wildman–Crippen LogP) is 6.01. The molecule has 0 fully saturated rings. The number of rotatable bonds is 3. The summed E-state index contributed by atoms with van der Waals surface area (Å²) in [6.07, 6.45) is 7.21. The number of H-pyrrole nitrogens is 1. The summed E-state index contributed by atoms with van der Waals surface area (Å²) in [5, 5.41) is 0.707. The number of aromatic amines is 1. The number of nitrogens with zero attached hydrogens (tertiary/aromatic N) is 3. The smallest absolute Gasteiger partial charge is 0.0931 e. The molecule has 0 amide bonds. The van der Waals surface area contributed by atoms with Gasteiger partial charge in [0.05, 0.1) is 23.1 Å². The van der Waals surface area contributed by atoms with Gasteiger partial charge in [0.25, 0.3) is 0 Å². The number of pyridine rings is 2. The van der Waals surface area contributed by atoms with Gasteiger partial charge in [0.15, 0.2) is 0 Å². The van der Waals surface area contributed by atoms with Crippen molar-refractivity contribution in [2.24, 2.45) is 0 Å². The van der Waals surface area contributed by atoms with Crippen molar-refractivity contribution in [1.82, 2.24) is 19.9 Å². The Labute approximate surface area is 166 Å². The Bertz CT molecular complexity index is 1260. The molecular weight excluding hydrogens is 368 g/mol. The molecule has 0 saturated carbocycles.